The molecule has 0 atom stereocenters. The number of sulfonamides is 1. The summed E-state index contributed by atoms with van der Waals surface area (Å²) in [5.41, 5.74) is 2.05. The standard InChI is InChI=1S/C25H25N3O3S2/c29-33(30,27-18-20-7-3-6-19-5-1-2-10-23(19)20)25-12-11-24(32-25)31-22-9-4-8-21(17-22)28-15-13-26-14-16-28/h1-12,17,26-27H,13-16,18H2. The summed E-state index contributed by atoms with van der Waals surface area (Å²) in [6.07, 6.45) is 0. The number of piperazine rings is 1. The first-order valence-electron chi connectivity index (χ1n) is 10.9. The molecule has 5 rings (SSSR count). The molecule has 1 saturated heterocycles. The minimum Gasteiger partial charge on any atom is -0.447 e. The molecule has 4 aromatic rings. The number of hydrogen-bond donors (Lipinski definition) is 2. The molecule has 1 aromatic heterocycles. The number of hydrogen-bond acceptors (Lipinski definition) is 6. The van der Waals surface area contributed by atoms with Gasteiger partial charge in [0, 0.05) is 44.5 Å². The Hall–Kier alpha value is -2.91. The van der Waals surface area contributed by atoms with Gasteiger partial charge in [-0.1, -0.05) is 59.9 Å². The van der Waals surface area contributed by atoms with Crippen molar-refractivity contribution >= 4 is 37.8 Å². The molecule has 3 aromatic carbocycles. The molecule has 8 heteroatoms. The van der Waals surface area contributed by atoms with Crippen molar-refractivity contribution < 1.29 is 13.2 Å². The molecule has 6 nitrogen and oxygen atoms in total. The lowest BCUT2D eigenvalue weighted by Gasteiger charge is -2.29. The Labute approximate surface area is 197 Å². The first-order valence-corrected chi connectivity index (χ1v) is 13.2. The predicted octanol–water partition coefficient (Wildman–Crippen LogP) is 4.58. The van der Waals surface area contributed by atoms with E-state index in [0.29, 0.717) is 10.8 Å². The third kappa shape index (κ3) is 5.04. The fourth-order valence-electron chi connectivity index (χ4n) is 3.98. The van der Waals surface area contributed by atoms with Gasteiger partial charge in [0.1, 0.15) is 9.96 Å². The first kappa shape index (κ1) is 21.9. The van der Waals surface area contributed by atoms with Crippen LogP contribution in [-0.2, 0) is 16.6 Å². The van der Waals surface area contributed by atoms with Gasteiger partial charge in [-0.2, -0.15) is 0 Å². The molecular weight excluding hydrogens is 454 g/mol. The Morgan fingerprint density at radius 3 is 2.61 bits per heavy atom. The average molecular weight is 480 g/mol. The van der Waals surface area contributed by atoms with Crippen LogP contribution in [0, 0.1) is 0 Å². The van der Waals surface area contributed by atoms with E-state index in [0.717, 1.165) is 59.5 Å². The van der Waals surface area contributed by atoms with Gasteiger partial charge in [0.15, 0.2) is 5.06 Å². The molecule has 1 aliphatic heterocycles. The molecule has 2 heterocycles. The largest absolute Gasteiger partial charge is 0.447 e. The number of anilines is 1. The topological polar surface area (TPSA) is 70.7 Å². The van der Waals surface area contributed by atoms with Crippen molar-refractivity contribution in [3.63, 3.8) is 0 Å². The second-order valence-corrected chi connectivity index (χ2v) is 10.9. The van der Waals surface area contributed by atoms with Crippen LogP contribution in [-0.4, -0.2) is 34.6 Å². The van der Waals surface area contributed by atoms with E-state index in [9.17, 15) is 8.42 Å². The van der Waals surface area contributed by atoms with Crippen LogP contribution in [0.1, 0.15) is 5.56 Å². The van der Waals surface area contributed by atoms with Crippen LogP contribution in [0.4, 0.5) is 5.69 Å². The van der Waals surface area contributed by atoms with Gasteiger partial charge in [-0.25, -0.2) is 13.1 Å². The van der Waals surface area contributed by atoms with Crippen molar-refractivity contribution in [1.29, 1.82) is 0 Å². The highest BCUT2D eigenvalue weighted by atomic mass is 32.2. The zero-order chi connectivity index (χ0) is 22.7. The number of rotatable bonds is 7. The summed E-state index contributed by atoms with van der Waals surface area (Å²) in [4.78, 5) is 2.31. The van der Waals surface area contributed by atoms with Crippen molar-refractivity contribution in [3.05, 3.63) is 84.4 Å². The van der Waals surface area contributed by atoms with E-state index in [1.54, 1.807) is 12.1 Å². The Morgan fingerprint density at radius 1 is 0.939 bits per heavy atom. The molecule has 0 saturated carbocycles. The smallest absolute Gasteiger partial charge is 0.250 e. The first-order chi connectivity index (χ1) is 16.1. The fourth-order valence-corrected chi connectivity index (χ4v) is 6.18. The molecule has 1 aliphatic rings. The van der Waals surface area contributed by atoms with Gasteiger partial charge in [0.2, 0.25) is 10.0 Å². The van der Waals surface area contributed by atoms with Gasteiger partial charge in [0.05, 0.1) is 0 Å². The Morgan fingerprint density at radius 2 is 1.73 bits per heavy atom. The van der Waals surface area contributed by atoms with Crippen LogP contribution < -0.4 is 19.7 Å². The van der Waals surface area contributed by atoms with Crippen molar-refractivity contribution in [2.45, 2.75) is 10.8 Å². The third-order valence-electron chi connectivity index (χ3n) is 5.67. The SMILES string of the molecule is O=S(=O)(NCc1cccc2ccccc12)c1ccc(Oc2cccc(N3CCNCC3)c2)s1. The summed E-state index contributed by atoms with van der Waals surface area (Å²) in [6.45, 7) is 4.05. The van der Waals surface area contributed by atoms with E-state index in [1.165, 1.54) is 0 Å². The van der Waals surface area contributed by atoms with Crippen molar-refractivity contribution in [1.82, 2.24) is 10.0 Å². The summed E-state index contributed by atoms with van der Waals surface area (Å²) >= 11 is 1.12. The lowest BCUT2D eigenvalue weighted by atomic mass is 10.1. The summed E-state index contributed by atoms with van der Waals surface area (Å²) in [7, 11) is -3.65. The zero-order valence-electron chi connectivity index (χ0n) is 18.0. The van der Waals surface area contributed by atoms with Gasteiger partial charge in [-0.05, 0) is 40.6 Å². The highest BCUT2D eigenvalue weighted by Crippen LogP contribution is 2.33. The van der Waals surface area contributed by atoms with E-state index in [1.807, 2.05) is 60.7 Å². The third-order valence-corrected chi connectivity index (χ3v) is 8.53. The highest BCUT2D eigenvalue weighted by Gasteiger charge is 2.18. The number of benzene rings is 3. The monoisotopic (exact) mass is 479 g/mol. The Balaban J connectivity index is 1.28. The van der Waals surface area contributed by atoms with Crippen LogP contribution in [0.15, 0.2) is 83.1 Å². The summed E-state index contributed by atoms with van der Waals surface area (Å²) in [5.74, 6) is 0.695. The maximum Gasteiger partial charge on any atom is 0.250 e. The number of thiophene rings is 1. The maximum absolute atomic E-state index is 12.9. The van der Waals surface area contributed by atoms with E-state index >= 15 is 0 Å². The van der Waals surface area contributed by atoms with E-state index in [2.05, 4.69) is 21.0 Å². The fraction of sp³-hybridized carbons (Fsp3) is 0.200. The minimum absolute atomic E-state index is 0.227. The lowest BCUT2D eigenvalue weighted by Crippen LogP contribution is -2.43. The summed E-state index contributed by atoms with van der Waals surface area (Å²) < 4.78 is 34.7. The molecule has 0 bridgehead atoms. The summed E-state index contributed by atoms with van der Waals surface area (Å²) in [6, 6.07) is 25.1. The van der Waals surface area contributed by atoms with Gasteiger partial charge in [0.25, 0.3) is 0 Å². The molecule has 1 fully saturated rings. The van der Waals surface area contributed by atoms with Gasteiger partial charge >= 0.3 is 0 Å². The highest BCUT2D eigenvalue weighted by molar-refractivity contribution is 7.91. The van der Waals surface area contributed by atoms with E-state index < -0.39 is 10.0 Å². The molecule has 0 spiro atoms. The van der Waals surface area contributed by atoms with Crippen molar-refractivity contribution in [2.75, 3.05) is 31.1 Å². The average Bonchev–Trinajstić information content (AvgIpc) is 3.33. The molecule has 0 radical (unpaired) electrons. The Bertz CT molecular complexity index is 1360. The molecule has 0 unspecified atom stereocenters. The van der Waals surface area contributed by atoms with Gasteiger partial charge in [-0.15, -0.1) is 0 Å². The molecule has 0 aliphatic carbocycles. The number of nitrogens with zero attached hydrogens (tertiary/aromatic N) is 1. The van der Waals surface area contributed by atoms with Crippen LogP contribution >= 0.6 is 11.3 Å². The minimum atomic E-state index is -3.65. The second kappa shape index (κ2) is 9.52. The van der Waals surface area contributed by atoms with Crippen molar-refractivity contribution in [2.24, 2.45) is 0 Å². The normalized spacial score (nSPS) is 14.5. The lowest BCUT2D eigenvalue weighted by molar-refractivity contribution is 0.496. The summed E-state index contributed by atoms with van der Waals surface area (Å²) in [5, 5.41) is 6.02. The molecule has 0 amide bonds. The quantitative estimate of drug-likeness (QED) is 0.406. The molecule has 170 valence electrons. The molecular formula is C25H25N3O3S2. The van der Waals surface area contributed by atoms with E-state index in [-0.39, 0.29) is 10.8 Å². The van der Waals surface area contributed by atoms with Gasteiger partial charge in [-0.3, -0.25) is 0 Å². The number of nitrogens with one attached hydrogen (secondary N) is 2. The maximum atomic E-state index is 12.9. The molecule has 2 N–H and O–H groups in total. The Kier molecular flexibility index (Phi) is 6.32. The predicted molar refractivity (Wildman–Crippen MR) is 134 cm³/mol. The van der Waals surface area contributed by atoms with Crippen LogP contribution in [0.2, 0.25) is 0 Å². The van der Waals surface area contributed by atoms with Gasteiger partial charge < -0.3 is 15.0 Å². The van der Waals surface area contributed by atoms with Crippen molar-refractivity contribution in [3.8, 4) is 10.8 Å². The van der Waals surface area contributed by atoms with Crippen LogP contribution in [0.3, 0.4) is 0 Å². The number of fused-ring (bicyclic) bond motifs is 1. The number of ether oxygens (including phenoxy) is 1. The molecule has 33 heavy (non-hydrogen) atoms. The van der Waals surface area contributed by atoms with Crippen LogP contribution in [0.5, 0.6) is 10.8 Å². The van der Waals surface area contributed by atoms with E-state index in [4.69, 9.17) is 4.74 Å². The second-order valence-electron chi connectivity index (χ2n) is 7.87. The zero-order valence-corrected chi connectivity index (χ0v) is 19.7. The van der Waals surface area contributed by atoms with Crippen LogP contribution in [0.25, 0.3) is 10.8 Å².